The zero-order chi connectivity index (χ0) is 23.3. The first-order valence-electron chi connectivity index (χ1n) is 11.5. The Morgan fingerprint density at radius 3 is 1.74 bits per heavy atom. The van der Waals surface area contributed by atoms with E-state index in [0.717, 1.165) is 44.9 Å². The fourth-order valence-electron chi connectivity index (χ4n) is 3.08. The zero-order valence-corrected chi connectivity index (χ0v) is 18.9. The Bertz CT molecular complexity index is 556. The average Bonchev–Trinajstić information content (AvgIpc) is 2.69. The van der Waals surface area contributed by atoms with E-state index in [-0.39, 0.29) is 12.5 Å². The summed E-state index contributed by atoms with van der Waals surface area (Å²) in [6.07, 6.45) is 20.6. The van der Waals surface area contributed by atoms with Gasteiger partial charge in [-0.1, -0.05) is 43.6 Å². The van der Waals surface area contributed by atoms with Gasteiger partial charge in [0.1, 0.15) is 6.04 Å². The lowest BCUT2D eigenvalue weighted by Crippen LogP contribution is -2.42. The molecule has 0 saturated carbocycles. The van der Waals surface area contributed by atoms with E-state index in [2.05, 4.69) is 23.5 Å². The number of carboxylic acids is 2. The first-order chi connectivity index (χ1) is 14.8. The number of allylic oxidation sites excluding steroid dienone is 4. The van der Waals surface area contributed by atoms with Crippen LogP contribution in [-0.4, -0.2) is 45.3 Å². The van der Waals surface area contributed by atoms with Crippen molar-refractivity contribution in [2.75, 3.05) is 0 Å². The SMILES string of the molecule is C[C@@H](O)CCC/C=C\CCCCCCC/C=C\CCCC(=O)NC(CC(=O)O)C(=O)O. The van der Waals surface area contributed by atoms with Crippen molar-refractivity contribution in [3.05, 3.63) is 24.3 Å². The molecule has 1 unspecified atom stereocenters. The number of hydrogen-bond acceptors (Lipinski definition) is 4. The van der Waals surface area contributed by atoms with Crippen molar-refractivity contribution in [1.29, 1.82) is 0 Å². The van der Waals surface area contributed by atoms with Gasteiger partial charge >= 0.3 is 11.9 Å². The maximum atomic E-state index is 11.7. The molecule has 178 valence electrons. The largest absolute Gasteiger partial charge is 0.481 e. The Morgan fingerprint density at radius 1 is 0.774 bits per heavy atom. The molecule has 1 amide bonds. The maximum absolute atomic E-state index is 11.7. The van der Waals surface area contributed by atoms with E-state index in [9.17, 15) is 19.5 Å². The van der Waals surface area contributed by atoms with Crippen LogP contribution in [0.1, 0.15) is 96.8 Å². The molecule has 0 aliphatic heterocycles. The normalized spacial score (nSPS) is 13.5. The molecule has 0 fully saturated rings. The summed E-state index contributed by atoms with van der Waals surface area (Å²) in [6, 6.07) is -1.38. The molecule has 0 aromatic carbocycles. The summed E-state index contributed by atoms with van der Waals surface area (Å²) in [4.78, 5) is 33.2. The number of unbranched alkanes of at least 4 members (excludes halogenated alkanes) is 8. The van der Waals surface area contributed by atoms with Crippen LogP contribution >= 0.6 is 0 Å². The minimum Gasteiger partial charge on any atom is -0.481 e. The number of amides is 1. The Kier molecular flexibility index (Phi) is 18.4. The quantitative estimate of drug-likeness (QED) is 0.162. The van der Waals surface area contributed by atoms with E-state index >= 15 is 0 Å². The third-order valence-electron chi connectivity index (χ3n) is 4.85. The van der Waals surface area contributed by atoms with E-state index in [1.165, 1.54) is 25.7 Å². The monoisotopic (exact) mass is 439 g/mol. The van der Waals surface area contributed by atoms with Crippen molar-refractivity contribution in [1.82, 2.24) is 5.32 Å². The third-order valence-corrected chi connectivity index (χ3v) is 4.85. The minimum atomic E-state index is -1.38. The van der Waals surface area contributed by atoms with Gasteiger partial charge in [0.15, 0.2) is 0 Å². The van der Waals surface area contributed by atoms with Crippen molar-refractivity contribution < 1.29 is 29.7 Å². The molecule has 0 bridgehead atoms. The lowest BCUT2D eigenvalue weighted by atomic mass is 10.1. The molecule has 7 nitrogen and oxygen atoms in total. The van der Waals surface area contributed by atoms with Gasteiger partial charge in [-0.15, -0.1) is 0 Å². The van der Waals surface area contributed by atoms with E-state index in [1.807, 2.05) is 13.0 Å². The number of hydrogen-bond donors (Lipinski definition) is 4. The van der Waals surface area contributed by atoms with Crippen LogP contribution in [-0.2, 0) is 14.4 Å². The van der Waals surface area contributed by atoms with Gasteiger partial charge < -0.3 is 20.6 Å². The second-order valence-electron chi connectivity index (χ2n) is 8.02. The van der Waals surface area contributed by atoms with Crippen LogP contribution < -0.4 is 5.32 Å². The molecule has 4 N–H and O–H groups in total. The molecule has 0 aromatic heterocycles. The van der Waals surface area contributed by atoms with Crippen LogP contribution in [0.2, 0.25) is 0 Å². The topological polar surface area (TPSA) is 124 Å². The smallest absolute Gasteiger partial charge is 0.326 e. The van der Waals surface area contributed by atoms with E-state index in [4.69, 9.17) is 10.2 Å². The molecule has 0 rings (SSSR count). The zero-order valence-electron chi connectivity index (χ0n) is 18.9. The average molecular weight is 440 g/mol. The molecule has 0 aliphatic carbocycles. The molecule has 0 spiro atoms. The number of carboxylic acid groups (broad SMARTS) is 2. The molecule has 7 heteroatoms. The van der Waals surface area contributed by atoms with Gasteiger partial charge in [-0.25, -0.2) is 4.79 Å². The highest BCUT2D eigenvalue weighted by Gasteiger charge is 2.22. The molecule has 0 saturated heterocycles. The van der Waals surface area contributed by atoms with Gasteiger partial charge in [0.2, 0.25) is 5.91 Å². The number of aliphatic hydroxyl groups excluding tert-OH is 1. The van der Waals surface area contributed by atoms with Crippen molar-refractivity contribution in [2.45, 2.75) is 109 Å². The highest BCUT2D eigenvalue weighted by molar-refractivity contribution is 5.86. The molecule has 0 aliphatic rings. The van der Waals surface area contributed by atoms with E-state index in [1.54, 1.807) is 0 Å². The summed E-state index contributed by atoms with van der Waals surface area (Å²) in [5.41, 5.74) is 0. The minimum absolute atomic E-state index is 0.183. The lowest BCUT2D eigenvalue weighted by molar-refractivity contribution is -0.147. The van der Waals surface area contributed by atoms with Gasteiger partial charge in [-0.2, -0.15) is 0 Å². The summed E-state index contributed by atoms with van der Waals surface area (Å²) in [5.74, 6) is -3.03. The van der Waals surface area contributed by atoms with Crippen molar-refractivity contribution in [3.8, 4) is 0 Å². The van der Waals surface area contributed by atoms with Crippen LogP contribution in [0, 0.1) is 0 Å². The summed E-state index contributed by atoms with van der Waals surface area (Å²) in [5, 5.41) is 29.0. The number of aliphatic carboxylic acids is 2. The number of nitrogens with one attached hydrogen (secondary N) is 1. The van der Waals surface area contributed by atoms with Crippen LogP contribution in [0.25, 0.3) is 0 Å². The Labute approximate surface area is 186 Å². The summed E-state index contributed by atoms with van der Waals surface area (Å²) < 4.78 is 0. The fourth-order valence-corrected chi connectivity index (χ4v) is 3.08. The molecule has 0 radical (unpaired) electrons. The van der Waals surface area contributed by atoms with Crippen molar-refractivity contribution in [3.63, 3.8) is 0 Å². The Balaban J connectivity index is 3.53. The van der Waals surface area contributed by atoms with Gasteiger partial charge in [0.05, 0.1) is 12.5 Å². The molecule has 31 heavy (non-hydrogen) atoms. The van der Waals surface area contributed by atoms with Gasteiger partial charge in [-0.3, -0.25) is 9.59 Å². The predicted octanol–water partition coefficient (Wildman–Crippen LogP) is 4.60. The molecular formula is C24H41NO6. The molecule has 0 heterocycles. The first-order valence-corrected chi connectivity index (χ1v) is 11.5. The predicted molar refractivity (Wildman–Crippen MR) is 122 cm³/mol. The molecular weight excluding hydrogens is 398 g/mol. The maximum Gasteiger partial charge on any atom is 0.326 e. The van der Waals surface area contributed by atoms with Crippen LogP contribution in [0.5, 0.6) is 0 Å². The second-order valence-corrected chi connectivity index (χ2v) is 8.02. The van der Waals surface area contributed by atoms with Gasteiger partial charge in [0, 0.05) is 6.42 Å². The lowest BCUT2D eigenvalue weighted by Gasteiger charge is -2.11. The van der Waals surface area contributed by atoms with Gasteiger partial charge in [-0.05, 0) is 64.7 Å². The summed E-state index contributed by atoms with van der Waals surface area (Å²) in [7, 11) is 0. The number of aliphatic hydroxyl groups is 1. The Hall–Kier alpha value is -2.15. The van der Waals surface area contributed by atoms with Crippen LogP contribution in [0.4, 0.5) is 0 Å². The molecule has 2 atom stereocenters. The fraction of sp³-hybridized carbons (Fsp3) is 0.708. The van der Waals surface area contributed by atoms with Crippen LogP contribution in [0.15, 0.2) is 24.3 Å². The standard InChI is InChI=1S/C24H41NO6/c1-20(26)17-15-13-11-9-7-5-3-2-4-6-8-10-12-14-16-18-22(27)25-21(24(30)31)19-23(28)29/h9-12,20-21,26H,2-8,13-19H2,1H3,(H,25,27)(H,28,29)(H,30,31)/b11-9-,12-10-/t20-,21?/m1/s1. The number of carbonyl (C=O) groups is 3. The van der Waals surface area contributed by atoms with Crippen molar-refractivity contribution in [2.24, 2.45) is 0 Å². The Morgan fingerprint density at radius 2 is 1.26 bits per heavy atom. The second kappa shape index (κ2) is 19.8. The third kappa shape index (κ3) is 20.9. The number of carbonyl (C=O) groups excluding carboxylic acids is 1. The summed E-state index contributed by atoms with van der Waals surface area (Å²) in [6.45, 7) is 1.83. The highest BCUT2D eigenvalue weighted by atomic mass is 16.4. The first kappa shape index (κ1) is 28.9. The highest BCUT2D eigenvalue weighted by Crippen LogP contribution is 2.09. The number of rotatable bonds is 20. The van der Waals surface area contributed by atoms with E-state index in [0.29, 0.717) is 6.42 Å². The molecule has 0 aromatic rings. The van der Waals surface area contributed by atoms with E-state index < -0.39 is 30.3 Å². The van der Waals surface area contributed by atoms with Crippen molar-refractivity contribution >= 4 is 17.8 Å². The van der Waals surface area contributed by atoms with Gasteiger partial charge in [0.25, 0.3) is 0 Å². The summed E-state index contributed by atoms with van der Waals surface area (Å²) >= 11 is 0. The van der Waals surface area contributed by atoms with Crippen LogP contribution in [0.3, 0.4) is 0 Å².